The van der Waals surface area contributed by atoms with Crippen LogP contribution in [0.1, 0.15) is 47.4 Å². The van der Waals surface area contributed by atoms with E-state index in [0.717, 1.165) is 11.1 Å². The van der Waals surface area contributed by atoms with Gasteiger partial charge in [-0.15, -0.1) is 0 Å². The lowest BCUT2D eigenvalue weighted by Crippen LogP contribution is -2.13. The third-order valence-corrected chi connectivity index (χ3v) is 6.80. The second-order valence-corrected chi connectivity index (χ2v) is 8.54. The van der Waals surface area contributed by atoms with Gasteiger partial charge in [-0.3, -0.25) is 9.36 Å². The molecule has 0 aliphatic rings. The lowest BCUT2D eigenvalue weighted by atomic mass is 9.99. The molecule has 26 heavy (non-hydrogen) atoms. The molecule has 0 radical (unpaired) electrons. The minimum absolute atomic E-state index is 0.0315. The maximum Gasteiger partial charge on any atom is 0.338 e. The van der Waals surface area contributed by atoms with Crippen molar-refractivity contribution in [3.63, 3.8) is 0 Å². The maximum atomic E-state index is 13.5. The van der Waals surface area contributed by atoms with Gasteiger partial charge in [0, 0.05) is 17.0 Å². The first-order chi connectivity index (χ1) is 12.4. The minimum atomic E-state index is -3.51. The van der Waals surface area contributed by atoms with E-state index in [-0.39, 0.29) is 25.4 Å². The standard InChI is InChI=1S/C20H24ClO4P/c1-4-24-26(23,25-5-2)20(18-9-7-6-8-15(18)3)14-19(22)16-10-12-17(21)13-11-16/h6-13,20H,4-5,14H2,1-3H3/t20-/m0/s1. The Morgan fingerprint density at radius 1 is 1.04 bits per heavy atom. The second-order valence-electron chi connectivity index (χ2n) is 5.88. The number of ketones is 1. The second kappa shape index (κ2) is 9.48. The summed E-state index contributed by atoms with van der Waals surface area (Å²) >= 11 is 5.90. The SMILES string of the molecule is CCOP(=O)(OCC)[C@@H](CC(=O)c1ccc(Cl)cc1)c1ccccc1C. The van der Waals surface area contributed by atoms with Crippen LogP contribution in [0.5, 0.6) is 0 Å². The van der Waals surface area contributed by atoms with Gasteiger partial charge in [0.2, 0.25) is 0 Å². The van der Waals surface area contributed by atoms with Crippen LogP contribution in [-0.4, -0.2) is 19.0 Å². The molecular weight excluding hydrogens is 371 g/mol. The zero-order chi connectivity index (χ0) is 19.2. The first-order valence-electron chi connectivity index (χ1n) is 8.64. The van der Waals surface area contributed by atoms with E-state index in [1.54, 1.807) is 38.1 Å². The summed E-state index contributed by atoms with van der Waals surface area (Å²) < 4.78 is 24.6. The smallest absolute Gasteiger partial charge is 0.308 e. The van der Waals surface area contributed by atoms with Crippen LogP contribution in [0.15, 0.2) is 48.5 Å². The Bertz CT molecular complexity index is 779. The highest BCUT2D eigenvalue weighted by Crippen LogP contribution is 2.63. The Hall–Kier alpha value is -1.45. The Morgan fingerprint density at radius 3 is 2.15 bits per heavy atom. The van der Waals surface area contributed by atoms with E-state index < -0.39 is 13.3 Å². The van der Waals surface area contributed by atoms with Gasteiger partial charge in [0.25, 0.3) is 0 Å². The summed E-state index contributed by atoms with van der Waals surface area (Å²) in [6, 6.07) is 14.3. The number of rotatable bonds is 9. The Kier molecular flexibility index (Phi) is 7.60. The molecule has 0 spiro atoms. The van der Waals surface area contributed by atoms with Gasteiger partial charge >= 0.3 is 7.60 Å². The van der Waals surface area contributed by atoms with Gasteiger partial charge in [0.05, 0.1) is 18.9 Å². The molecule has 0 aliphatic carbocycles. The average Bonchev–Trinajstić information content (AvgIpc) is 2.61. The van der Waals surface area contributed by atoms with Gasteiger partial charge in [-0.2, -0.15) is 0 Å². The largest absolute Gasteiger partial charge is 0.338 e. The van der Waals surface area contributed by atoms with E-state index in [2.05, 4.69) is 0 Å². The van der Waals surface area contributed by atoms with Crippen LogP contribution < -0.4 is 0 Å². The molecule has 0 bridgehead atoms. The van der Waals surface area contributed by atoms with Crippen LogP contribution in [0.4, 0.5) is 0 Å². The molecule has 4 nitrogen and oxygen atoms in total. The summed E-state index contributed by atoms with van der Waals surface area (Å²) in [7, 11) is -3.51. The van der Waals surface area contributed by atoms with Gasteiger partial charge in [-0.1, -0.05) is 35.9 Å². The van der Waals surface area contributed by atoms with Gasteiger partial charge in [0.1, 0.15) is 0 Å². The van der Waals surface area contributed by atoms with E-state index in [1.807, 2.05) is 31.2 Å². The molecule has 2 aromatic rings. The van der Waals surface area contributed by atoms with E-state index >= 15 is 0 Å². The van der Waals surface area contributed by atoms with Crippen molar-refractivity contribution in [2.75, 3.05) is 13.2 Å². The topological polar surface area (TPSA) is 52.6 Å². The number of aryl methyl sites for hydroxylation is 1. The number of hydrogen-bond donors (Lipinski definition) is 0. The fraction of sp³-hybridized carbons (Fsp3) is 0.350. The summed E-state index contributed by atoms with van der Waals surface area (Å²) in [5.74, 6) is -0.130. The molecule has 0 saturated heterocycles. The molecular formula is C20H24ClO4P. The summed E-state index contributed by atoms with van der Waals surface area (Å²) in [6.45, 7) is 5.95. The third-order valence-electron chi connectivity index (χ3n) is 4.09. The van der Waals surface area contributed by atoms with E-state index in [4.69, 9.17) is 20.6 Å². The molecule has 0 unspecified atom stereocenters. The normalized spacial score (nSPS) is 12.8. The quantitative estimate of drug-likeness (QED) is 0.373. The Labute approximate surface area is 160 Å². The molecule has 0 aliphatic heterocycles. The summed E-state index contributed by atoms with van der Waals surface area (Å²) in [6.07, 6.45) is 0.0315. The zero-order valence-electron chi connectivity index (χ0n) is 15.3. The highest BCUT2D eigenvalue weighted by molar-refractivity contribution is 7.54. The highest BCUT2D eigenvalue weighted by atomic mass is 35.5. The van der Waals surface area contributed by atoms with Crippen LogP contribution in [0.3, 0.4) is 0 Å². The Balaban J connectivity index is 2.43. The summed E-state index contributed by atoms with van der Waals surface area (Å²) in [5, 5.41) is 0.561. The van der Waals surface area contributed by atoms with Crippen LogP contribution in [0, 0.1) is 6.92 Å². The molecule has 2 rings (SSSR count). The number of Topliss-reactive ketones (excluding diaryl/α,β-unsaturated/α-hetero) is 1. The molecule has 0 N–H and O–H groups in total. The minimum Gasteiger partial charge on any atom is -0.308 e. The molecule has 0 saturated carbocycles. The van der Waals surface area contributed by atoms with Crippen LogP contribution in [0.2, 0.25) is 5.02 Å². The number of hydrogen-bond acceptors (Lipinski definition) is 4. The van der Waals surface area contributed by atoms with E-state index in [9.17, 15) is 9.36 Å². The van der Waals surface area contributed by atoms with Crippen LogP contribution in [-0.2, 0) is 13.6 Å². The molecule has 1 atom stereocenters. The van der Waals surface area contributed by atoms with Crippen molar-refractivity contribution in [2.24, 2.45) is 0 Å². The highest BCUT2D eigenvalue weighted by Gasteiger charge is 2.39. The predicted molar refractivity (Wildman–Crippen MR) is 105 cm³/mol. The molecule has 140 valence electrons. The van der Waals surface area contributed by atoms with Gasteiger partial charge in [0.15, 0.2) is 5.78 Å². The van der Waals surface area contributed by atoms with Crippen molar-refractivity contribution in [3.8, 4) is 0 Å². The first kappa shape index (κ1) is 20.9. The molecule has 0 heterocycles. The van der Waals surface area contributed by atoms with Crippen molar-refractivity contribution in [3.05, 3.63) is 70.2 Å². The van der Waals surface area contributed by atoms with Crippen molar-refractivity contribution in [1.82, 2.24) is 0 Å². The van der Waals surface area contributed by atoms with Crippen molar-refractivity contribution < 1.29 is 18.4 Å². The number of carbonyl (C=O) groups excluding carboxylic acids is 1. The van der Waals surface area contributed by atoms with Crippen molar-refractivity contribution >= 4 is 25.0 Å². The Morgan fingerprint density at radius 2 is 1.62 bits per heavy atom. The van der Waals surface area contributed by atoms with Crippen LogP contribution in [0.25, 0.3) is 0 Å². The van der Waals surface area contributed by atoms with Crippen molar-refractivity contribution in [2.45, 2.75) is 32.9 Å². The molecule has 0 fully saturated rings. The summed E-state index contributed by atoms with van der Waals surface area (Å²) in [4.78, 5) is 12.8. The molecule has 6 heteroatoms. The van der Waals surface area contributed by atoms with E-state index in [1.165, 1.54) is 0 Å². The fourth-order valence-electron chi connectivity index (χ4n) is 2.86. The summed E-state index contributed by atoms with van der Waals surface area (Å²) in [5.41, 5.74) is 1.61. The monoisotopic (exact) mass is 394 g/mol. The predicted octanol–water partition coefficient (Wildman–Crippen LogP) is 6.23. The number of carbonyl (C=O) groups is 1. The number of benzene rings is 2. The zero-order valence-corrected chi connectivity index (χ0v) is 16.9. The lowest BCUT2D eigenvalue weighted by molar-refractivity contribution is 0.0973. The third kappa shape index (κ3) is 5.05. The number of halogens is 1. The molecule has 0 amide bonds. The van der Waals surface area contributed by atoms with Gasteiger partial charge in [-0.25, -0.2) is 0 Å². The molecule has 0 aromatic heterocycles. The fourth-order valence-corrected chi connectivity index (χ4v) is 5.16. The lowest BCUT2D eigenvalue weighted by Gasteiger charge is -2.27. The van der Waals surface area contributed by atoms with Gasteiger partial charge in [-0.05, 0) is 56.2 Å². The van der Waals surface area contributed by atoms with Crippen LogP contribution >= 0.6 is 19.2 Å². The van der Waals surface area contributed by atoms with Gasteiger partial charge < -0.3 is 9.05 Å². The maximum absolute atomic E-state index is 13.5. The van der Waals surface area contributed by atoms with E-state index in [0.29, 0.717) is 10.6 Å². The molecule has 2 aromatic carbocycles. The van der Waals surface area contributed by atoms with Crippen molar-refractivity contribution in [1.29, 1.82) is 0 Å². The average molecular weight is 395 g/mol. The first-order valence-corrected chi connectivity index (χ1v) is 10.6.